The Morgan fingerprint density at radius 1 is 1.03 bits per heavy atom. The van der Waals surface area contributed by atoms with Crippen molar-refractivity contribution in [2.24, 2.45) is 0 Å². The highest BCUT2D eigenvalue weighted by atomic mass is 19.3. The lowest BCUT2D eigenvalue weighted by Crippen LogP contribution is -2.54. The number of carbonyl (C=O) groups is 2. The van der Waals surface area contributed by atoms with E-state index in [2.05, 4.69) is 5.32 Å². The lowest BCUT2D eigenvalue weighted by atomic mass is 9.90. The Hall–Kier alpha value is -3.16. The van der Waals surface area contributed by atoms with Crippen molar-refractivity contribution in [3.8, 4) is 11.5 Å². The van der Waals surface area contributed by atoms with Crippen LogP contribution in [0, 0.1) is 0 Å². The molecule has 1 aliphatic carbocycles. The normalized spacial score (nSPS) is 16.0. The highest BCUT2D eigenvalue weighted by Gasteiger charge is 2.40. The van der Waals surface area contributed by atoms with Crippen LogP contribution in [0.25, 0.3) is 0 Å². The molecular formula is C24H27F2NO5. The summed E-state index contributed by atoms with van der Waals surface area (Å²) in [5.74, 6) is -4.76. The summed E-state index contributed by atoms with van der Waals surface area (Å²) in [7, 11) is 1.36. The van der Waals surface area contributed by atoms with Crippen LogP contribution >= 0.6 is 0 Å². The number of aliphatic carboxylic acids is 1. The molecule has 0 bridgehead atoms. The first-order valence-corrected chi connectivity index (χ1v) is 10.6. The highest BCUT2D eigenvalue weighted by Crippen LogP contribution is 2.34. The minimum absolute atomic E-state index is 0.0269. The van der Waals surface area contributed by atoms with Crippen molar-refractivity contribution in [1.29, 1.82) is 0 Å². The summed E-state index contributed by atoms with van der Waals surface area (Å²) in [5, 5.41) is 12.5. The minimum atomic E-state index is -3.25. The van der Waals surface area contributed by atoms with E-state index in [1.54, 1.807) is 6.07 Å². The molecule has 8 heteroatoms. The van der Waals surface area contributed by atoms with Gasteiger partial charge in [0.15, 0.2) is 18.1 Å². The fourth-order valence-corrected chi connectivity index (χ4v) is 3.88. The second-order valence-electron chi connectivity index (χ2n) is 7.98. The van der Waals surface area contributed by atoms with E-state index in [0.29, 0.717) is 25.7 Å². The number of hydrogen-bond acceptors (Lipinski definition) is 4. The number of nitrogens with one attached hydrogen (secondary N) is 1. The third-order valence-corrected chi connectivity index (χ3v) is 5.75. The molecule has 1 amide bonds. The van der Waals surface area contributed by atoms with Gasteiger partial charge >= 0.3 is 11.9 Å². The summed E-state index contributed by atoms with van der Waals surface area (Å²) in [6.07, 6.45) is 3.94. The number of carboxylic acids is 1. The smallest absolute Gasteiger partial charge is 0.329 e. The molecule has 1 aliphatic rings. The number of halogens is 2. The summed E-state index contributed by atoms with van der Waals surface area (Å²) in [6, 6.07) is 11.5. The molecule has 0 saturated heterocycles. The molecule has 6 nitrogen and oxygen atoms in total. The van der Waals surface area contributed by atoms with Gasteiger partial charge in [-0.25, -0.2) is 4.79 Å². The second-order valence-corrected chi connectivity index (χ2v) is 7.98. The van der Waals surface area contributed by atoms with Crippen LogP contribution in [0.15, 0.2) is 48.5 Å². The minimum Gasteiger partial charge on any atom is -0.493 e. The highest BCUT2D eigenvalue weighted by molar-refractivity contribution is 5.98. The molecule has 3 rings (SSSR count). The van der Waals surface area contributed by atoms with E-state index >= 15 is 0 Å². The topological polar surface area (TPSA) is 84.9 Å². The summed E-state index contributed by atoms with van der Waals surface area (Å²) in [6.45, 7) is -0.947. The molecule has 0 spiro atoms. The predicted octanol–water partition coefficient (Wildman–Crippen LogP) is 4.77. The van der Waals surface area contributed by atoms with Gasteiger partial charge < -0.3 is 19.9 Å². The van der Waals surface area contributed by atoms with Crippen molar-refractivity contribution < 1.29 is 33.0 Å². The van der Waals surface area contributed by atoms with Crippen LogP contribution < -0.4 is 14.8 Å². The van der Waals surface area contributed by atoms with E-state index in [1.807, 2.05) is 0 Å². The van der Waals surface area contributed by atoms with Crippen molar-refractivity contribution in [3.63, 3.8) is 0 Å². The molecule has 1 fully saturated rings. The van der Waals surface area contributed by atoms with Gasteiger partial charge in [-0.15, -0.1) is 0 Å². The Kier molecular flexibility index (Phi) is 7.33. The van der Waals surface area contributed by atoms with E-state index in [9.17, 15) is 23.5 Å². The number of carbonyl (C=O) groups excluding carboxylic acids is 1. The van der Waals surface area contributed by atoms with Crippen molar-refractivity contribution in [3.05, 3.63) is 59.7 Å². The molecule has 0 heterocycles. The maximum Gasteiger partial charge on any atom is 0.329 e. The standard InChI is InChI=1S/C24H27F2NO5/c1-31-19-12-11-17(21(28)27-23(22(29)30)13-7-2-3-8-14-23)15-20(19)32-16-24(25,26)18-9-5-4-6-10-18/h4-6,9-12,15H,2-3,7-8,13-14,16H2,1H3,(H,27,28)(H,29,30). The number of carboxylic acid groups (broad SMARTS) is 1. The lowest BCUT2D eigenvalue weighted by Gasteiger charge is -2.29. The fourth-order valence-electron chi connectivity index (χ4n) is 3.88. The predicted molar refractivity (Wildman–Crippen MR) is 114 cm³/mol. The number of ether oxygens (including phenoxy) is 2. The number of benzene rings is 2. The summed E-state index contributed by atoms with van der Waals surface area (Å²) in [4.78, 5) is 24.9. The van der Waals surface area contributed by atoms with Crippen molar-refractivity contribution in [2.45, 2.75) is 50.0 Å². The van der Waals surface area contributed by atoms with Gasteiger partial charge in [-0.3, -0.25) is 4.79 Å². The zero-order valence-electron chi connectivity index (χ0n) is 17.9. The Morgan fingerprint density at radius 3 is 2.28 bits per heavy atom. The van der Waals surface area contributed by atoms with Crippen LogP contribution in [-0.4, -0.2) is 36.2 Å². The third-order valence-electron chi connectivity index (χ3n) is 5.75. The van der Waals surface area contributed by atoms with Crippen LogP contribution in [-0.2, 0) is 10.7 Å². The van der Waals surface area contributed by atoms with Crippen LogP contribution in [0.3, 0.4) is 0 Å². The van der Waals surface area contributed by atoms with E-state index < -0.39 is 29.9 Å². The lowest BCUT2D eigenvalue weighted by molar-refractivity contribution is -0.145. The van der Waals surface area contributed by atoms with Crippen molar-refractivity contribution in [2.75, 3.05) is 13.7 Å². The average Bonchev–Trinajstić information content (AvgIpc) is 3.04. The second kappa shape index (κ2) is 9.97. The van der Waals surface area contributed by atoms with Gasteiger partial charge in [0.05, 0.1) is 7.11 Å². The summed E-state index contributed by atoms with van der Waals surface area (Å²) in [5.41, 5.74) is -1.42. The third kappa shape index (κ3) is 5.36. The maximum atomic E-state index is 14.5. The zero-order valence-corrected chi connectivity index (χ0v) is 17.9. The van der Waals surface area contributed by atoms with Crippen molar-refractivity contribution >= 4 is 11.9 Å². The molecule has 0 aliphatic heterocycles. The molecule has 0 radical (unpaired) electrons. The molecule has 1 saturated carbocycles. The monoisotopic (exact) mass is 447 g/mol. The van der Waals surface area contributed by atoms with Gasteiger partial charge in [-0.2, -0.15) is 8.78 Å². The van der Waals surface area contributed by atoms with E-state index in [0.717, 1.165) is 12.8 Å². The van der Waals surface area contributed by atoms with Gasteiger partial charge in [0.2, 0.25) is 0 Å². The van der Waals surface area contributed by atoms with Gasteiger partial charge in [0.25, 0.3) is 5.91 Å². The molecule has 32 heavy (non-hydrogen) atoms. The van der Waals surface area contributed by atoms with Crippen LogP contribution in [0.4, 0.5) is 8.78 Å². The van der Waals surface area contributed by atoms with E-state index in [4.69, 9.17) is 9.47 Å². The number of rotatable bonds is 8. The average molecular weight is 447 g/mol. The van der Waals surface area contributed by atoms with Crippen LogP contribution in [0.1, 0.15) is 54.4 Å². The Labute approximate surface area is 185 Å². The largest absolute Gasteiger partial charge is 0.493 e. The number of alkyl halides is 2. The first kappa shape index (κ1) is 23.5. The number of hydrogen-bond donors (Lipinski definition) is 2. The Morgan fingerprint density at radius 2 is 1.69 bits per heavy atom. The molecule has 0 unspecified atom stereocenters. The SMILES string of the molecule is COc1ccc(C(=O)NC2(C(=O)O)CCCCCC2)cc1OCC(F)(F)c1ccccc1. The van der Waals surface area contributed by atoms with Gasteiger partial charge in [-0.05, 0) is 31.0 Å². The molecule has 0 aromatic heterocycles. The molecule has 2 aromatic carbocycles. The van der Waals surface area contributed by atoms with Gasteiger partial charge in [-0.1, -0.05) is 56.0 Å². The summed E-state index contributed by atoms with van der Waals surface area (Å²) >= 11 is 0. The first-order valence-electron chi connectivity index (χ1n) is 10.6. The maximum absolute atomic E-state index is 14.5. The Bertz CT molecular complexity index is 941. The molecule has 2 N–H and O–H groups in total. The molecule has 172 valence electrons. The number of amides is 1. The van der Waals surface area contributed by atoms with Gasteiger partial charge in [0, 0.05) is 11.1 Å². The first-order chi connectivity index (χ1) is 15.3. The Balaban J connectivity index is 1.79. The summed E-state index contributed by atoms with van der Waals surface area (Å²) < 4.78 is 39.6. The van der Waals surface area contributed by atoms with E-state index in [-0.39, 0.29) is 22.6 Å². The van der Waals surface area contributed by atoms with Crippen LogP contribution in [0.2, 0.25) is 0 Å². The molecule has 0 atom stereocenters. The van der Waals surface area contributed by atoms with Crippen LogP contribution in [0.5, 0.6) is 11.5 Å². The quantitative estimate of drug-likeness (QED) is 0.570. The van der Waals surface area contributed by atoms with E-state index in [1.165, 1.54) is 49.6 Å². The molecular weight excluding hydrogens is 420 g/mol. The zero-order chi connectivity index (χ0) is 23.2. The molecule has 2 aromatic rings. The van der Waals surface area contributed by atoms with Crippen molar-refractivity contribution in [1.82, 2.24) is 5.32 Å². The van der Waals surface area contributed by atoms with Gasteiger partial charge in [0.1, 0.15) is 5.54 Å². The fraction of sp³-hybridized carbons (Fsp3) is 0.417. The number of methoxy groups -OCH3 is 1.